The molecule has 1 aliphatic heterocycles. The normalized spacial score (nSPS) is 17.4. The number of hydrogen-bond donors (Lipinski definition) is 1. The summed E-state index contributed by atoms with van der Waals surface area (Å²) >= 11 is 0. The van der Waals surface area contributed by atoms with Crippen LogP contribution in [-0.2, 0) is 10.2 Å². The second kappa shape index (κ2) is 8.26. The molecule has 1 aliphatic rings. The zero-order chi connectivity index (χ0) is 19.4. The number of nitrogens with zero attached hydrogens (tertiary/aromatic N) is 1. The molecule has 1 amide bonds. The minimum Gasteiger partial charge on any atom is -0.369 e. The number of aryl methyl sites for hydroxylation is 3. The largest absolute Gasteiger partial charge is 0.369 e. The molecule has 0 aromatic heterocycles. The average Bonchev–Trinajstić information content (AvgIpc) is 2.65. The Balaban J connectivity index is 2.14. The van der Waals surface area contributed by atoms with E-state index >= 15 is 0 Å². The molecule has 0 radical (unpaired) electrons. The predicted octanol–water partition coefficient (Wildman–Crippen LogP) is 4.26. The number of amides is 1. The highest BCUT2D eigenvalue weighted by atomic mass is 16.1. The number of carbonyl (C=O) groups excluding carboxylic acids is 1. The van der Waals surface area contributed by atoms with Crippen molar-refractivity contribution in [3.05, 3.63) is 70.3 Å². The standard InChI is InChI=1S/C24H32N2O/c1-18-10-5-6-13-21(18)24(23(25)27,14-17-26-15-7-4-8-16-26)22-19(2)11-9-12-20(22)3/h5-6,9-13H,4,7-8,14-17H2,1-3H3,(H2,25,27)/t24-/m1/s1. The van der Waals surface area contributed by atoms with E-state index in [0.717, 1.165) is 53.9 Å². The fraction of sp³-hybridized carbons (Fsp3) is 0.458. The molecule has 3 nitrogen and oxygen atoms in total. The third kappa shape index (κ3) is 3.79. The monoisotopic (exact) mass is 364 g/mol. The number of benzene rings is 2. The van der Waals surface area contributed by atoms with Crippen molar-refractivity contribution in [3.63, 3.8) is 0 Å². The van der Waals surface area contributed by atoms with Crippen LogP contribution in [0.4, 0.5) is 0 Å². The van der Waals surface area contributed by atoms with Crippen molar-refractivity contribution >= 4 is 5.91 Å². The maximum Gasteiger partial charge on any atom is 0.232 e. The van der Waals surface area contributed by atoms with Crippen LogP contribution in [0.25, 0.3) is 0 Å². The third-order valence-corrected chi connectivity index (χ3v) is 6.19. The lowest BCUT2D eigenvalue weighted by atomic mass is 9.67. The summed E-state index contributed by atoms with van der Waals surface area (Å²) in [4.78, 5) is 15.6. The number of rotatable bonds is 6. The summed E-state index contributed by atoms with van der Waals surface area (Å²) in [5, 5.41) is 0. The molecule has 1 saturated heterocycles. The van der Waals surface area contributed by atoms with E-state index in [1.165, 1.54) is 19.3 Å². The molecule has 2 aromatic rings. The van der Waals surface area contributed by atoms with Gasteiger partial charge in [0, 0.05) is 0 Å². The Morgan fingerprint density at radius 2 is 1.52 bits per heavy atom. The molecule has 27 heavy (non-hydrogen) atoms. The van der Waals surface area contributed by atoms with Gasteiger partial charge in [-0.1, -0.05) is 48.9 Å². The van der Waals surface area contributed by atoms with Crippen molar-refractivity contribution in [1.82, 2.24) is 4.90 Å². The van der Waals surface area contributed by atoms with Crippen LogP contribution in [0.2, 0.25) is 0 Å². The van der Waals surface area contributed by atoms with E-state index in [1.807, 2.05) is 12.1 Å². The van der Waals surface area contributed by atoms with Crippen molar-refractivity contribution in [2.45, 2.75) is 51.9 Å². The van der Waals surface area contributed by atoms with Crippen molar-refractivity contribution in [2.24, 2.45) is 5.73 Å². The van der Waals surface area contributed by atoms with Crippen LogP contribution in [-0.4, -0.2) is 30.4 Å². The van der Waals surface area contributed by atoms with E-state index in [2.05, 4.69) is 56.0 Å². The van der Waals surface area contributed by atoms with Crippen LogP contribution in [0.1, 0.15) is 53.5 Å². The van der Waals surface area contributed by atoms with Gasteiger partial charge in [0.15, 0.2) is 0 Å². The average molecular weight is 365 g/mol. The minimum atomic E-state index is -0.793. The van der Waals surface area contributed by atoms with Gasteiger partial charge >= 0.3 is 0 Å². The van der Waals surface area contributed by atoms with Gasteiger partial charge in [0.2, 0.25) is 5.91 Å². The Hall–Kier alpha value is -2.13. The van der Waals surface area contributed by atoms with Gasteiger partial charge in [-0.2, -0.15) is 0 Å². The van der Waals surface area contributed by atoms with Crippen LogP contribution >= 0.6 is 0 Å². The summed E-state index contributed by atoms with van der Waals surface area (Å²) < 4.78 is 0. The highest BCUT2D eigenvalue weighted by Crippen LogP contribution is 2.41. The molecule has 0 aliphatic carbocycles. The molecule has 1 heterocycles. The Kier molecular flexibility index (Phi) is 6.01. The molecule has 0 spiro atoms. The SMILES string of the molecule is Cc1ccccc1[C@@](CCN1CCCCC1)(C(N)=O)c1c(C)cccc1C. The Labute approximate surface area is 163 Å². The second-order valence-electron chi connectivity index (χ2n) is 8.00. The predicted molar refractivity (Wildman–Crippen MR) is 112 cm³/mol. The maximum absolute atomic E-state index is 13.2. The molecule has 3 heteroatoms. The molecule has 0 saturated carbocycles. The lowest BCUT2D eigenvalue weighted by Gasteiger charge is -2.38. The minimum absolute atomic E-state index is 0.244. The smallest absolute Gasteiger partial charge is 0.232 e. The third-order valence-electron chi connectivity index (χ3n) is 6.19. The Morgan fingerprint density at radius 3 is 2.11 bits per heavy atom. The molecule has 144 valence electrons. The van der Waals surface area contributed by atoms with E-state index in [-0.39, 0.29) is 5.91 Å². The van der Waals surface area contributed by atoms with Gasteiger partial charge in [0.1, 0.15) is 5.41 Å². The molecule has 2 aromatic carbocycles. The van der Waals surface area contributed by atoms with E-state index < -0.39 is 5.41 Å². The Morgan fingerprint density at radius 1 is 0.926 bits per heavy atom. The maximum atomic E-state index is 13.2. The summed E-state index contributed by atoms with van der Waals surface area (Å²) in [6.45, 7) is 9.41. The molecule has 0 unspecified atom stereocenters. The van der Waals surface area contributed by atoms with Crippen molar-refractivity contribution < 1.29 is 4.79 Å². The molecule has 0 bridgehead atoms. The topological polar surface area (TPSA) is 46.3 Å². The van der Waals surface area contributed by atoms with Crippen LogP contribution in [0.3, 0.4) is 0 Å². The summed E-state index contributed by atoms with van der Waals surface area (Å²) in [7, 11) is 0. The van der Waals surface area contributed by atoms with Crippen LogP contribution in [0.5, 0.6) is 0 Å². The molecular formula is C24H32N2O. The van der Waals surface area contributed by atoms with Gasteiger partial charge < -0.3 is 10.6 Å². The Bertz CT molecular complexity index is 788. The van der Waals surface area contributed by atoms with E-state index in [4.69, 9.17) is 5.73 Å². The molecule has 3 rings (SSSR count). The van der Waals surface area contributed by atoms with Crippen molar-refractivity contribution in [1.29, 1.82) is 0 Å². The van der Waals surface area contributed by atoms with Gasteiger partial charge in [0.25, 0.3) is 0 Å². The van der Waals surface area contributed by atoms with Gasteiger partial charge in [-0.3, -0.25) is 4.79 Å². The summed E-state index contributed by atoms with van der Waals surface area (Å²) in [5.41, 5.74) is 10.9. The summed E-state index contributed by atoms with van der Waals surface area (Å²) in [6.07, 6.45) is 4.53. The first-order chi connectivity index (χ1) is 13.0. The van der Waals surface area contributed by atoms with Gasteiger partial charge in [-0.25, -0.2) is 0 Å². The zero-order valence-electron chi connectivity index (χ0n) is 16.9. The molecular weight excluding hydrogens is 332 g/mol. The quantitative estimate of drug-likeness (QED) is 0.832. The zero-order valence-corrected chi connectivity index (χ0v) is 16.9. The van der Waals surface area contributed by atoms with E-state index in [1.54, 1.807) is 0 Å². The fourth-order valence-electron chi connectivity index (χ4n) is 4.82. The highest BCUT2D eigenvalue weighted by Gasteiger charge is 2.43. The number of hydrogen-bond acceptors (Lipinski definition) is 2. The fourth-order valence-corrected chi connectivity index (χ4v) is 4.82. The number of primary amides is 1. The lowest BCUT2D eigenvalue weighted by Crippen LogP contribution is -2.46. The first kappa shape index (κ1) is 19.6. The van der Waals surface area contributed by atoms with Crippen LogP contribution < -0.4 is 5.73 Å². The van der Waals surface area contributed by atoms with Gasteiger partial charge in [-0.05, 0) is 87.5 Å². The van der Waals surface area contributed by atoms with Gasteiger partial charge in [0.05, 0.1) is 0 Å². The van der Waals surface area contributed by atoms with Crippen LogP contribution in [0, 0.1) is 20.8 Å². The van der Waals surface area contributed by atoms with E-state index in [0.29, 0.717) is 0 Å². The van der Waals surface area contributed by atoms with Crippen LogP contribution in [0.15, 0.2) is 42.5 Å². The molecule has 1 fully saturated rings. The number of nitrogens with two attached hydrogens (primary N) is 1. The van der Waals surface area contributed by atoms with Crippen molar-refractivity contribution in [3.8, 4) is 0 Å². The summed E-state index contributed by atoms with van der Waals surface area (Å²) in [5.74, 6) is -0.244. The molecule has 2 N–H and O–H groups in total. The second-order valence-corrected chi connectivity index (χ2v) is 8.00. The highest BCUT2D eigenvalue weighted by molar-refractivity contribution is 5.92. The lowest BCUT2D eigenvalue weighted by molar-refractivity contribution is -0.122. The first-order valence-corrected chi connectivity index (χ1v) is 10.1. The number of likely N-dealkylation sites (tertiary alicyclic amines) is 1. The number of carbonyl (C=O) groups is 1. The summed E-state index contributed by atoms with van der Waals surface area (Å²) in [6, 6.07) is 14.5. The number of piperidine rings is 1. The molecule has 1 atom stereocenters. The van der Waals surface area contributed by atoms with Gasteiger partial charge in [-0.15, -0.1) is 0 Å². The van der Waals surface area contributed by atoms with Crippen molar-refractivity contribution in [2.75, 3.05) is 19.6 Å². The first-order valence-electron chi connectivity index (χ1n) is 10.1. The van der Waals surface area contributed by atoms with E-state index in [9.17, 15) is 4.79 Å².